The lowest BCUT2D eigenvalue weighted by molar-refractivity contribution is 0.0591. The van der Waals surface area contributed by atoms with Crippen molar-refractivity contribution in [3.05, 3.63) is 83.6 Å². The molecule has 0 bridgehead atoms. The van der Waals surface area contributed by atoms with E-state index in [0.29, 0.717) is 31.1 Å². The maximum absolute atomic E-state index is 13.1. The number of ether oxygens (including phenoxy) is 1. The molecule has 154 valence electrons. The smallest absolute Gasteiger partial charge is 0.261 e. The van der Waals surface area contributed by atoms with Crippen molar-refractivity contribution < 1.29 is 9.53 Å². The minimum Gasteiger partial charge on any atom is -0.477 e. The third kappa shape index (κ3) is 3.59. The van der Waals surface area contributed by atoms with Crippen LogP contribution in [0, 0.1) is 0 Å². The van der Waals surface area contributed by atoms with Crippen molar-refractivity contribution in [3.63, 3.8) is 0 Å². The van der Waals surface area contributed by atoms with Crippen LogP contribution in [0.3, 0.4) is 0 Å². The molecule has 0 radical (unpaired) electrons. The number of fused-ring (bicyclic) bond motifs is 1. The van der Waals surface area contributed by atoms with Crippen molar-refractivity contribution in [1.82, 2.24) is 19.6 Å². The summed E-state index contributed by atoms with van der Waals surface area (Å²) in [6.45, 7) is 4.50. The van der Waals surface area contributed by atoms with E-state index in [2.05, 4.69) is 70.7 Å². The summed E-state index contributed by atoms with van der Waals surface area (Å²) in [6.07, 6.45) is 2.59. The number of aromatic nitrogens is 2. The Bertz CT molecular complexity index is 955. The molecule has 0 atom stereocenters. The van der Waals surface area contributed by atoms with E-state index in [1.165, 1.54) is 11.1 Å². The van der Waals surface area contributed by atoms with Gasteiger partial charge < -0.3 is 9.64 Å². The Morgan fingerprint density at radius 2 is 1.50 bits per heavy atom. The average molecular weight is 402 g/mol. The first-order valence-electron chi connectivity index (χ1n) is 10.6. The van der Waals surface area contributed by atoms with Gasteiger partial charge in [0.15, 0.2) is 0 Å². The van der Waals surface area contributed by atoms with Crippen molar-refractivity contribution in [2.75, 3.05) is 32.8 Å². The van der Waals surface area contributed by atoms with Crippen molar-refractivity contribution in [2.45, 2.75) is 19.0 Å². The lowest BCUT2D eigenvalue weighted by Gasteiger charge is -2.39. The Hall–Kier alpha value is -3.12. The van der Waals surface area contributed by atoms with Crippen LogP contribution in [-0.2, 0) is 6.54 Å². The van der Waals surface area contributed by atoms with Gasteiger partial charge in [0.25, 0.3) is 5.91 Å². The van der Waals surface area contributed by atoms with Crippen LogP contribution in [0.1, 0.15) is 33.9 Å². The highest BCUT2D eigenvalue weighted by Crippen LogP contribution is 2.30. The van der Waals surface area contributed by atoms with Gasteiger partial charge in [0.1, 0.15) is 5.56 Å². The zero-order chi connectivity index (χ0) is 20.3. The number of hydrogen-bond acceptors (Lipinski definition) is 4. The van der Waals surface area contributed by atoms with E-state index in [9.17, 15) is 4.79 Å². The zero-order valence-electron chi connectivity index (χ0n) is 17.0. The minimum absolute atomic E-state index is 0.0220. The van der Waals surface area contributed by atoms with Gasteiger partial charge in [-0.1, -0.05) is 60.7 Å². The van der Waals surface area contributed by atoms with Crippen LogP contribution in [0.2, 0.25) is 0 Å². The predicted molar refractivity (Wildman–Crippen MR) is 115 cm³/mol. The first kappa shape index (κ1) is 18.9. The average Bonchev–Trinajstić information content (AvgIpc) is 3.25. The summed E-state index contributed by atoms with van der Waals surface area (Å²) in [6, 6.07) is 21.4. The Balaban J connectivity index is 1.33. The van der Waals surface area contributed by atoms with Gasteiger partial charge in [-0.25, -0.2) is 4.68 Å². The highest BCUT2D eigenvalue weighted by molar-refractivity contribution is 5.96. The van der Waals surface area contributed by atoms with Crippen LogP contribution in [-0.4, -0.2) is 58.3 Å². The highest BCUT2D eigenvalue weighted by atomic mass is 16.5. The maximum atomic E-state index is 13.1. The number of carbonyl (C=O) groups is 1. The third-order valence-electron chi connectivity index (χ3n) is 5.97. The van der Waals surface area contributed by atoms with Gasteiger partial charge in [-0.05, 0) is 11.1 Å². The predicted octanol–water partition coefficient (Wildman–Crippen LogP) is 3.21. The van der Waals surface area contributed by atoms with Crippen LogP contribution in [0.15, 0.2) is 66.9 Å². The molecule has 6 heteroatoms. The molecule has 2 aromatic carbocycles. The van der Waals surface area contributed by atoms with Crippen LogP contribution >= 0.6 is 0 Å². The summed E-state index contributed by atoms with van der Waals surface area (Å²) in [5.41, 5.74) is 3.15. The summed E-state index contributed by atoms with van der Waals surface area (Å²) in [7, 11) is 0. The van der Waals surface area contributed by atoms with Gasteiger partial charge in [-0.15, -0.1) is 0 Å². The first-order chi connectivity index (χ1) is 14.8. The molecule has 1 saturated heterocycles. The highest BCUT2D eigenvalue weighted by Gasteiger charge is 2.31. The van der Waals surface area contributed by atoms with E-state index in [0.717, 1.165) is 26.1 Å². The molecule has 0 spiro atoms. The number of amides is 1. The Morgan fingerprint density at radius 3 is 2.13 bits per heavy atom. The summed E-state index contributed by atoms with van der Waals surface area (Å²) in [5.74, 6) is 0.647. The summed E-state index contributed by atoms with van der Waals surface area (Å²) in [5, 5.41) is 4.33. The molecule has 0 unspecified atom stereocenters. The fourth-order valence-electron chi connectivity index (χ4n) is 4.45. The molecular formula is C24H26N4O2. The van der Waals surface area contributed by atoms with Crippen LogP contribution in [0.25, 0.3) is 0 Å². The van der Waals surface area contributed by atoms with E-state index >= 15 is 0 Å². The molecule has 5 rings (SSSR count). The Labute approximate surface area is 176 Å². The van der Waals surface area contributed by atoms with Crippen molar-refractivity contribution in [1.29, 1.82) is 0 Å². The topological polar surface area (TPSA) is 50.6 Å². The largest absolute Gasteiger partial charge is 0.477 e. The van der Waals surface area contributed by atoms with E-state index in [4.69, 9.17) is 4.74 Å². The van der Waals surface area contributed by atoms with E-state index in [1.807, 2.05) is 4.90 Å². The van der Waals surface area contributed by atoms with Gasteiger partial charge in [-0.3, -0.25) is 9.69 Å². The molecule has 1 amide bonds. The van der Waals surface area contributed by atoms with Crippen molar-refractivity contribution in [3.8, 4) is 5.88 Å². The van der Waals surface area contributed by atoms with Gasteiger partial charge in [0, 0.05) is 39.1 Å². The number of rotatable bonds is 4. The molecule has 6 nitrogen and oxygen atoms in total. The Kier molecular flexibility index (Phi) is 5.24. The van der Waals surface area contributed by atoms with Crippen LogP contribution < -0.4 is 4.74 Å². The number of piperazine rings is 1. The molecule has 3 heterocycles. The van der Waals surface area contributed by atoms with Crippen LogP contribution in [0.5, 0.6) is 5.88 Å². The molecule has 2 aliphatic heterocycles. The monoisotopic (exact) mass is 402 g/mol. The minimum atomic E-state index is 0.0220. The summed E-state index contributed by atoms with van der Waals surface area (Å²) >= 11 is 0. The number of aryl methyl sites for hydroxylation is 1. The zero-order valence-corrected chi connectivity index (χ0v) is 17.0. The molecule has 1 fully saturated rings. The standard InChI is InChI=1S/C24H26N4O2/c29-23(21-18-25-28-12-7-17-30-24(21)28)27-15-13-26(14-16-27)22(19-8-3-1-4-9-19)20-10-5-2-6-11-20/h1-6,8-11,18,22H,7,12-17H2. The van der Waals surface area contributed by atoms with E-state index < -0.39 is 0 Å². The summed E-state index contributed by atoms with van der Waals surface area (Å²) < 4.78 is 7.52. The fourth-order valence-corrected chi connectivity index (χ4v) is 4.45. The number of hydrogen-bond donors (Lipinski definition) is 0. The second-order valence-electron chi connectivity index (χ2n) is 7.84. The second-order valence-corrected chi connectivity index (χ2v) is 7.84. The molecule has 0 saturated carbocycles. The first-order valence-corrected chi connectivity index (χ1v) is 10.6. The quantitative estimate of drug-likeness (QED) is 0.672. The molecule has 3 aromatic rings. The normalized spacial score (nSPS) is 16.9. The van der Waals surface area contributed by atoms with Gasteiger partial charge >= 0.3 is 0 Å². The summed E-state index contributed by atoms with van der Waals surface area (Å²) in [4.78, 5) is 17.5. The number of carbonyl (C=O) groups excluding carboxylic acids is 1. The lowest BCUT2D eigenvalue weighted by atomic mass is 9.96. The number of benzene rings is 2. The molecule has 2 aliphatic rings. The lowest BCUT2D eigenvalue weighted by Crippen LogP contribution is -2.49. The van der Waals surface area contributed by atoms with Crippen molar-refractivity contribution >= 4 is 5.91 Å². The molecule has 0 aliphatic carbocycles. The van der Waals surface area contributed by atoms with Gasteiger partial charge in [0.2, 0.25) is 5.88 Å². The Morgan fingerprint density at radius 1 is 0.867 bits per heavy atom. The van der Waals surface area contributed by atoms with E-state index in [1.54, 1.807) is 10.9 Å². The third-order valence-corrected chi connectivity index (χ3v) is 5.97. The van der Waals surface area contributed by atoms with Crippen molar-refractivity contribution in [2.24, 2.45) is 0 Å². The van der Waals surface area contributed by atoms with Crippen LogP contribution in [0.4, 0.5) is 0 Å². The number of nitrogens with zero attached hydrogens (tertiary/aromatic N) is 4. The molecule has 30 heavy (non-hydrogen) atoms. The van der Waals surface area contributed by atoms with Gasteiger partial charge in [-0.2, -0.15) is 5.10 Å². The molecular weight excluding hydrogens is 376 g/mol. The second kappa shape index (κ2) is 8.32. The van der Waals surface area contributed by atoms with E-state index in [-0.39, 0.29) is 11.9 Å². The van der Waals surface area contributed by atoms with Gasteiger partial charge in [0.05, 0.1) is 18.8 Å². The molecule has 0 N–H and O–H groups in total. The molecule has 1 aromatic heterocycles. The SMILES string of the molecule is O=C(c1cnn2c1OCCC2)N1CCN(C(c2ccccc2)c2ccccc2)CC1. The fraction of sp³-hybridized carbons (Fsp3) is 0.333. The maximum Gasteiger partial charge on any atom is 0.261 e.